The average molecular weight is 429 g/mol. The molecule has 32 heavy (non-hydrogen) atoms. The van der Waals surface area contributed by atoms with E-state index in [1.807, 2.05) is 54.9 Å². The fourth-order valence-electron chi connectivity index (χ4n) is 3.71. The van der Waals surface area contributed by atoms with E-state index >= 15 is 0 Å². The first-order valence-electron chi connectivity index (χ1n) is 10.6. The minimum atomic E-state index is -0.184. The third-order valence-electron chi connectivity index (χ3n) is 5.34. The Balaban J connectivity index is 1.56. The number of ether oxygens (including phenoxy) is 2. The average Bonchev–Trinajstić information content (AvgIpc) is 3.26. The first-order valence-corrected chi connectivity index (χ1v) is 10.6. The molecule has 0 aliphatic carbocycles. The van der Waals surface area contributed by atoms with Crippen LogP contribution in [0.4, 0.5) is 0 Å². The lowest BCUT2D eigenvalue weighted by molar-refractivity contribution is 0.0952. The third kappa shape index (κ3) is 3.75. The van der Waals surface area contributed by atoms with Crippen LogP contribution in [0.15, 0.2) is 55.0 Å². The zero-order valence-corrected chi connectivity index (χ0v) is 17.9. The Morgan fingerprint density at radius 2 is 1.88 bits per heavy atom. The van der Waals surface area contributed by atoms with Crippen molar-refractivity contribution >= 4 is 16.9 Å². The van der Waals surface area contributed by atoms with Crippen LogP contribution in [-0.4, -0.2) is 38.9 Å². The van der Waals surface area contributed by atoms with E-state index in [4.69, 9.17) is 14.5 Å². The molecule has 0 spiro atoms. The predicted molar refractivity (Wildman–Crippen MR) is 120 cm³/mol. The lowest BCUT2D eigenvalue weighted by atomic mass is 10.1. The maximum atomic E-state index is 13.2. The van der Waals surface area contributed by atoms with Crippen LogP contribution in [0.2, 0.25) is 0 Å². The van der Waals surface area contributed by atoms with E-state index in [-0.39, 0.29) is 11.9 Å². The van der Waals surface area contributed by atoms with Crippen LogP contribution >= 0.6 is 0 Å². The van der Waals surface area contributed by atoms with Crippen LogP contribution in [0.1, 0.15) is 35.8 Å². The molecule has 0 radical (unpaired) electrons. The van der Waals surface area contributed by atoms with E-state index in [1.54, 1.807) is 18.6 Å². The second kappa shape index (κ2) is 8.30. The largest absolute Gasteiger partial charge is 0.486 e. The summed E-state index contributed by atoms with van der Waals surface area (Å²) in [5, 5.41) is 8.20. The Bertz CT molecular complexity index is 1280. The molecule has 0 atom stereocenters. The molecule has 5 rings (SSSR count). The van der Waals surface area contributed by atoms with Crippen LogP contribution in [0.3, 0.4) is 0 Å². The standard InChI is InChI=1S/C24H23N5O3/c1-15(2)29-23-19(14-27-29)18(24(30)26-13-16-5-7-25-8-6-16)12-20(28-23)17-3-4-21-22(11-17)32-10-9-31-21/h3-8,11-12,14-15H,9-10,13H2,1-2H3,(H,26,30). The molecule has 1 aliphatic rings. The van der Waals surface area contributed by atoms with E-state index in [0.717, 1.165) is 11.1 Å². The zero-order valence-electron chi connectivity index (χ0n) is 17.9. The molecular weight excluding hydrogens is 406 g/mol. The van der Waals surface area contributed by atoms with Gasteiger partial charge in [0.25, 0.3) is 5.91 Å². The first kappa shape index (κ1) is 20.0. The number of amides is 1. The van der Waals surface area contributed by atoms with Crippen molar-refractivity contribution in [1.82, 2.24) is 25.1 Å². The fraction of sp³-hybridized carbons (Fsp3) is 0.250. The lowest BCUT2D eigenvalue weighted by Crippen LogP contribution is -2.23. The monoisotopic (exact) mass is 429 g/mol. The number of nitrogens with zero attached hydrogens (tertiary/aromatic N) is 4. The van der Waals surface area contributed by atoms with Gasteiger partial charge in [0.2, 0.25) is 0 Å². The molecule has 4 heterocycles. The molecule has 0 saturated carbocycles. The van der Waals surface area contributed by atoms with E-state index in [2.05, 4.69) is 15.4 Å². The molecule has 8 heteroatoms. The smallest absolute Gasteiger partial charge is 0.252 e. The molecular formula is C24H23N5O3. The summed E-state index contributed by atoms with van der Waals surface area (Å²) < 4.78 is 13.2. The van der Waals surface area contributed by atoms with Crippen molar-refractivity contribution < 1.29 is 14.3 Å². The van der Waals surface area contributed by atoms with Crippen LogP contribution in [-0.2, 0) is 6.54 Å². The summed E-state index contributed by atoms with van der Waals surface area (Å²) in [5.41, 5.74) is 3.69. The number of hydrogen-bond acceptors (Lipinski definition) is 6. The fourth-order valence-corrected chi connectivity index (χ4v) is 3.71. The molecule has 162 valence electrons. The Kier molecular flexibility index (Phi) is 5.18. The predicted octanol–water partition coefficient (Wildman–Crippen LogP) is 3.78. The molecule has 3 aromatic heterocycles. The van der Waals surface area contributed by atoms with Gasteiger partial charge in [-0.25, -0.2) is 9.67 Å². The van der Waals surface area contributed by atoms with Gasteiger partial charge in [-0.1, -0.05) is 0 Å². The van der Waals surface area contributed by atoms with Crippen LogP contribution < -0.4 is 14.8 Å². The van der Waals surface area contributed by atoms with E-state index in [9.17, 15) is 4.79 Å². The number of aromatic nitrogens is 4. The SMILES string of the molecule is CC(C)n1ncc2c(C(=O)NCc3ccncc3)cc(-c3ccc4c(c3)OCCO4)nc21. The van der Waals surface area contributed by atoms with Gasteiger partial charge in [-0.3, -0.25) is 9.78 Å². The number of carbonyl (C=O) groups is 1. The highest BCUT2D eigenvalue weighted by atomic mass is 16.6. The second-order valence-electron chi connectivity index (χ2n) is 7.87. The number of rotatable bonds is 5. The quantitative estimate of drug-likeness (QED) is 0.519. The second-order valence-corrected chi connectivity index (χ2v) is 7.87. The van der Waals surface area contributed by atoms with Crippen molar-refractivity contribution in [3.05, 3.63) is 66.1 Å². The van der Waals surface area contributed by atoms with E-state index < -0.39 is 0 Å². The molecule has 0 fully saturated rings. The van der Waals surface area contributed by atoms with Crippen molar-refractivity contribution in [2.75, 3.05) is 13.2 Å². The third-order valence-corrected chi connectivity index (χ3v) is 5.34. The summed E-state index contributed by atoms with van der Waals surface area (Å²) in [4.78, 5) is 22.1. The summed E-state index contributed by atoms with van der Waals surface area (Å²) >= 11 is 0. The normalized spacial score (nSPS) is 12.8. The van der Waals surface area contributed by atoms with Gasteiger partial charge < -0.3 is 14.8 Å². The summed E-state index contributed by atoms with van der Waals surface area (Å²) in [6.45, 7) is 5.52. The highest BCUT2D eigenvalue weighted by Crippen LogP contribution is 2.35. The number of pyridine rings is 2. The number of nitrogens with one attached hydrogen (secondary N) is 1. The molecule has 0 saturated heterocycles. The van der Waals surface area contributed by atoms with Crippen LogP contribution in [0, 0.1) is 0 Å². The summed E-state index contributed by atoms with van der Waals surface area (Å²) in [5.74, 6) is 1.21. The Hall–Kier alpha value is -3.94. The molecule has 1 N–H and O–H groups in total. The van der Waals surface area contributed by atoms with Gasteiger partial charge in [0.05, 0.1) is 22.8 Å². The van der Waals surface area contributed by atoms with Crippen molar-refractivity contribution in [3.8, 4) is 22.8 Å². The van der Waals surface area contributed by atoms with Gasteiger partial charge in [-0.15, -0.1) is 0 Å². The minimum absolute atomic E-state index is 0.100. The summed E-state index contributed by atoms with van der Waals surface area (Å²) in [6.07, 6.45) is 5.12. The maximum Gasteiger partial charge on any atom is 0.252 e. The van der Waals surface area contributed by atoms with Gasteiger partial charge in [-0.05, 0) is 55.8 Å². The number of fused-ring (bicyclic) bond motifs is 2. The molecule has 1 aromatic carbocycles. The van der Waals surface area contributed by atoms with E-state index in [0.29, 0.717) is 53.5 Å². The topological polar surface area (TPSA) is 91.2 Å². The van der Waals surface area contributed by atoms with Gasteiger partial charge >= 0.3 is 0 Å². The highest BCUT2D eigenvalue weighted by molar-refractivity contribution is 6.06. The number of hydrogen-bond donors (Lipinski definition) is 1. The minimum Gasteiger partial charge on any atom is -0.486 e. The van der Waals surface area contributed by atoms with Gasteiger partial charge in [0.1, 0.15) is 13.2 Å². The number of carbonyl (C=O) groups excluding carboxylic acids is 1. The first-order chi connectivity index (χ1) is 15.6. The Labute approximate surface area is 185 Å². The molecule has 0 unspecified atom stereocenters. The van der Waals surface area contributed by atoms with Gasteiger partial charge in [0.15, 0.2) is 17.1 Å². The van der Waals surface area contributed by atoms with Crippen molar-refractivity contribution in [1.29, 1.82) is 0 Å². The molecule has 0 bridgehead atoms. The molecule has 8 nitrogen and oxygen atoms in total. The highest BCUT2D eigenvalue weighted by Gasteiger charge is 2.20. The van der Waals surface area contributed by atoms with Gasteiger partial charge in [0, 0.05) is 30.5 Å². The molecule has 1 amide bonds. The Morgan fingerprint density at radius 1 is 1.09 bits per heavy atom. The van der Waals surface area contributed by atoms with Crippen LogP contribution in [0.25, 0.3) is 22.3 Å². The van der Waals surface area contributed by atoms with Crippen molar-refractivity contribution in [3.63, 3.8) is 0 Å². The van der Waals surface area contributed by atoms with Crippen LogP contribution in [0.5, 0.6) is 11.5 Å². The summed E-state index contributed by atoms with van der Waals surface area (Å²) in [6, 6.07) is 11.4. The van der Waals surface area contributed by atoms with E-state index in [1.165, 1.54) is 0 Å². The zero-order chi connectivity index (χ0) is 22.1. The number of benzene rings is 1. The van der Waals surface area contributed by atoms with Crippen molar-refractivity contribution in [2.24, 2.45) is 0 Å². The van der Waals surface area contributed by atoms with Crippen molar-refractivity contribution in [2.45, 2.75) is 26.4 Å². The lowest BCUT2D eigenvalue weighted by Gasteiger charge is -2.19. The Morgan fingerprint density at radius 3 is 2.66 bits per heavy atom. The molecule has 4 aromatic rings. The molecule has 1 aliphatic heterocycles. The maximum absolute atomic E-state index is 13.2. The summed E-state index contributed by atoms with van der Waals surface area (Å²) in [7, 11) is 0. The van der Waals surface area contributed by atoms with Gasteiger partial charge in [-0.2, -0.15) is 5.10 Å².